The molecule has 0 unspecified atom stereocenters. The first-order valence-corrected chi connectivity index (χ1v) is 9.03. The van der Waals surface area contributed by atoms with Crippen molar-refractivity contribution in [1.29, 1.82) is 0 Å². The third-order valence-corrected chi connectivity index (χ3v) is 4.20. The summed E-state index contributed by atoms with van der Waals surface area (Å²) in [5, 5.41) is 6.39. The summed E-state index contributed by atoms with van der Waals surface area (Å²) in [7, 11) is 3.20. The Kier molecular flexibility index (Phi) is 10.5. The van der Waals surface area contributed by atoms with Gasteiger partial charge < -0.3 is 20.1 Å². The lowest BCUT2D eigenvalue weighted by molar-refractivity contribution is 0.352. The quantitative estimate of drug-likeness (QED) is 0.303. The summed E-state index contributed by atoms with van der Waals surface area (Å²) in [5.41, 5.74) is 1.82. The van der Waals surface area contributed by atoms with Crippen molar-refractivity contribution in [2.24, 2.45) is 4.99 Å². The molecule has 2 aromatic carbocycles. The molecule has 2 aromatic rings. The maximum absolute atomic E-state index is 13.3. The maximum Gasteiger partial charge on any atom is 0.191 e. The number of rotatable bonds is 7. The van der Waals surface area contributed by atoms with Crippen LogP contribution < -0.4 is 20.1 Å². The Morgan fingerprint density at radius 3 is 2.52 bits per heavy atom. The van der Waals surface area contributed by atoms with Crippen molar-refractivity contribution >= 4 is 45.9 Å². The zero-order valence-electron chi connectivity index (χ0n) is 15.5. The molecule has 2 rings (SSSR count). The van der Waals surface area contributed by atoms with E-state index in [-0.39, 0.29) is 29.8 Å². The van der Waals surface area contributed by atoms with E-state index < -0.39 is 0 Å². The number of ether oxygens (including phenoxy) is 2. The van der Waals surface area contributed by atoms with Crippen LogP contribution >= 0.6 is 39.9 Å². The van der Waals surface area contributed by atoms with Gasteiger partial charge in [0.1, 0.15) is 5.82 Å². The van der Waals surface area contributed by atoms with E-state index in [0.29, 0.717) is 30.5 Å². The number of nitrogens with one attached hydrogen (secondary N) is 2. The third-order valence-electron chi connectivity index (χ3n) is 3.61. The second kappa shape index (κ2) is 12.0. The number of nitrogens with zero attached hydrogens (tertiary/aromatic N) is 1. The molecule has 0 aliphatic carbocycles. The summed E-state index contributed by atoms with van der Waals surface area (Å²) in [4.78, 5) is 4.58. The molecule has 0 saturated heterocycles. The smallest absolute Gasteiger partial charge is 0.191 e. The van der Waals surface area contributed by atoms with E-state index in [1.807, 2.05) is 25.1 Å². The molecular formula is C19H24BrFIN3O2. The number of aliphatic imine (C=N–C) groups is 1. The van der Waals surface area contributed by atoms with Crippen molar-refractivity contribution in [3.63, 3.8) is 0 Å². The van der Waals surface area contributed by atoms with Crippen molar-refractivity contribution in [3.05, 3.63) is 57.8 Å². The molecule has 0 amide bonds. The molecule has 0 bridgehead atoms. The molecule has 0 aliphatic rings. The van der Waals surface area contributed by atoms with Gasteiger partial charge in [0.05, 0.1) is 25.2 Å². The first-order chi connectivity index (χ1) is 12.6. The number of hydrogen-bond donors (Lipinski definition) is 2. The molecule has 5 nitrogen and oxygen atoms in total. The number of methoxy groups -OCH3 is 2. The third kappa shape index (κ3) is 7.17. The van der Waals surface area contributed by atoms with Crippen molar-refractivity contribution < 1.29 is 13.9 Å². The summed E-state index contributed by atoms with van der Waals surface area (Å²) >= 11 is 3.48. The normalized spacial score (nSPS) is 10.8. The fourth-order valence-corrected chi connectivity index (χ4v) is 3.06. The van der Waals surface area contributed by atoms with Gasteiger partial charge >= 0.3 is 0 Å². The Hall–Kier alpha value is -1.55. The summed E-state index contributed by atoms with van der Waals surface area (Å²) in [5.74, 6) is 1.70. The van der Waals surface area contributed by atoms with Gasteiger partial charge in [-0.2, -0.15) is 0 Å². The topological polar surface area (TPSA) is 54.9 Å². The lowest BCUT2D eigenvalue weighted by Gasteiger charge is -2.13. The zero-order chi connectivity index (χ0) is 18.9. The van der Waals surface area contributed by atoms with Gasteiger partial charge in [-0.25, -0.2) is 9.38 Å². The molecule has 0 aromatic heterocycles. The molecule has 0 heterocycles. The summed E-state index contributed by atoms with van der Waals surface area (Å²) < 4.78 is 24.8. The SMILES string of the molecule is CCNC(=NCc1cc(Br)c(OC)c(OC)c1)NCc1cccc(F)c1.I. The highest BCUT2D eigenvalue weighted by Crippen LogP contribution is 2.36. The van der Waals surface area contributed by atoms with Crippen molar-refractivity contribution in [2.75, 3.05) is 20.8 Å². The molecule has 0 fully saturated rings. The standard InChI is InChI=1S/C19H23BrFN3O2.HI/c1-4-22-19(23-11-13-6-5-7-15(21)8-13)24-12-14-9-16(20)18(26-3)17(10-14)25-2;/h5-10H,4,11-12H2,1-3H3,(H2,22,23,24);1H. The molecule has 2 N–H and O–H groups in total. The average Bonchev–Trinajstić information content (AvgIpc) is 2.63. The highest BCUT2D eigenvalue weighted by Gasteiger charge is 2.10. The average molecular weight is 552 g/mol. The van der Waals surface area contributed by atoms with E-state index in [9.17, 15) is 4.39 Å². The second-order valence-corrected chi connectivity index (χ2v) is 6.35. The zero-order valence-corrected chi connectivity index (χ0v) is 19.4. The minimum absolute atomic E-state index is 0. The minimum Gasteiger partial charge on any atom is -0.493 e. The first kappa shape index (κ1) is 23.5. The molecule has 148 valence electrons. The largest absolute Gasteiger partial charge is 0.493 e. The van der Waals surface area contributed by atoms with E-state index in [0.717, 1.165) is 22.1 Å². The van der Waals surface area contributed by atoms with Gasteiger partial charge in [0.15, 0.2) is 17.5 Å². The van der Waals surface area contributed by atoms with Crippen molar-refractivity contribution in [3.8, 4) is 11.5 Å². The van der Waals surface area contributed by atoms with E-state index in [2.05, 4.69) is 31.6 Å². The number of guanidine groups is 1. The van der Waals surface area contributed by atoms with E-state index in [1.165, 1.54) is 12.1 Å². The molecule has 0 radical (unpaired) electrons. The fraction of sp³-hybridized carbons (Fsp3) is 0.316. The van der Waals surface area contributed by atoms with Crippen LogP contribution in [0.25, 0.3) is 0 Å². The Bertz CT molecular complexity index is 775. The summed E-state index contributed by atoms with van der Waals surface area (Å²) in [6, 6.07) is 10.3. The van der Waals surface area contributed by atoms with Crippen LogP contribution in [0.1, 0.15) is 18.1 Å². The van der Waals surface area contributed by atoms with E-state index in [1.54, 1.807) is 20.3 Å². The van der Waals surface area contributed by atoms with Crippen LogP contribution in [-0.4, -0.2) is 26.7 Å². The lowest BCUT2D eigenvalue weighted by Crippen LogP contribution is -2.36. The van der Waals surface area contributed by atoms with Crippen LogP contribution in [-0.2, 0) is 13.1 Å². The van der Waals surface area contributed by atoms with Gasteiger partial charge in [-0.05, 0) is 58.2 Å². The molecular weight excluding hydrogens is 528 g/mol. The lowest BCUT2D eigenvalue weighted by atomic mass is 10.2. The molecule has 0 atom stereocenters. The predicted molar refractivity (Wildman–Crippen MR) is 121 cm³/mol. The fourth-order valence-electron chi connectivity index (χ4n) is 2.41. The van der Waals surface area contributed by atoms with Crippen molar-refractivity contribution in [2.45, 2.75) is 20.0 Å². The molecule has 0 spiro atoms. The van der Waals surface area contributed by atoms with Crippen LogP contribution in [0.3, 0.4) is 0 Å². The van der Waals surface area contributed by atoms with E-state index >= 15 is 0 Å². The second-order valence-electron chi connectivity index (χ2n) is 5.49. The van der Waals surface area contributed by atoms with Crippen molar-refractivity contribution in [1.82, 2.24) is 10.6 Å². The van der Waals surface area contributed by atoms with Gasteiger partial charge in [0, 0.05) is 13.1 Å². The van der Waals surface area contributed by atoms with Gasteiger partial charge in [-0.3, -0.25) is 0 Å². The maximum atomic E-state index is 13.3. The Balaban J connectivity index is 0.00000364. The number of hydrogen-bond acceptors (Lipinski definition) is 3. The Labute approximate surface area is 184 Å². The van der Waals surface area contributed by atoms with Crippen LogP contribution in [0.4, 0.5) is 4.39 Å². The first-order valence-electron chi connectivity index (χ1n) is 8.24. The predicted octanol–water partition coefficient (Wildman–Crippen LogP) is 4.48. The summed E-state index contributed by atoms with van der Waals surface area (Å²) in [6.07, 6.45) is 0. The Morgan fingerprint density at radius 2 is 1.89 bits per heavy atom. The molecule has 0 saturated carbocycles. The number of halogens is 3. The number of benzene rings is 2. The molecule has 27 heavy (non-hydrogen) atoms. The van der Waals surface area contributed by atoms with E-state index in [4.69, 9.17) is 9.47 Å². The van der Waals surface area contributed by atoms with Gasteiger partial charge in [0.25, 0.3) is 0 Å². The van der Waals surface area contributed by atoms with Crippen LogP contribution in [0, 0.1) is 5.82 Å². The van der Waals surface area contributed by atoms with Gasteiger partial charge in [-0.1, -0.05) is 12.1 Å². The van der Waals surface area contributed by atoms with Crippen LogP contribution in [0.5, 0.6) is 11.5 Å². The Morgan fingerprint density at radius 1 is 1.11 bits per heavy atom. The van der Waals surface area contributed by atoms with Crippen LogP contribution in [0.15, 0.2) is 45.9 Å². The molecule has 8 heteroatoms. The minimum atomic E-state index is -0.249. The molecule has 0 aliphatic heterocycles. The van der Waals surface area contributed by atoms with Gasteiger partial charge in [-0.15, -0.1) is 24.0 Å². The van der Waals surface area contributed by atoms with Crippen LogP contribution in [0.2, 0.25) is 0 Å². The highest BCUT2D eigenvalue weighted by molar-refractivity contribution is 14.0. The monoisotopic (exact) mass is 551 g/mol. The summed E-state index contributed by atoms with van der Waals surface area (Å²) in [6.45, 7) is 3.66. The highest BCUT2D eigenvalue weighted by atomic mass is 127. The van der Waals surface area contributed by atoms with Gasteiger partial charge in [0.2, 0.25) is 0 Å².